The molecule has 0 heterocycles. The summed E-state index contributed by atoms with van der Waals surface area (Å²) in [5, 5.41) is 3.03. The van der Waals surface area contributed by atoms with Crippen molar-refractivity contribution in [2.75, 3.05) is 6.54 Å². The zero-order chi connectivity index (χ0) is 10.8. The molecule has 1 unspecified atom stereocenters. The molecule has 0 rings (SSSR count). The standard InChI is InChI=1S/C11H24N2O.ClH/c1-3-5-7-10(6-4-2)13-11(14)8-9-12;/h10H,3-9,12H2,1-2H3,(H,13,14);1H. The lowest BCUT2D eigenvalue weighted by Crippen LogP contribution is -2.35. The van der Waals surface area contributed by atoms with Crippen LogP contribution < -0.4 is 11.1 Å². The molecule has 0 saturated carbocycles. The van der Waals surface area contributed by atoms with E-state index in [1.807, 2.05) is 0 Å². The van der Waals surface area contributed by atoms with Gasteiger partial charge in [0.2, 0.25) is 5.91 Å². The lowest BCUT2D eigenvalue weighted by molar-refractivity contribution is -0.121. The monoisotopic (exact) mass is 236 g/mol. The maximum atomic E-state index is 11.3. The number of nitrogens with one attached hydrogen (secondary N) is 1. The summed E-state index contributed by atoms with van der Waals surface area (Å²) >= 11 is 0. The first-order chi connectivity index (χ1) is 6.74. The van der Waals surface area contributed by atoms with Crippen molar-refractivity contribution in [3.05, 3.63) is 0 Å². The smallest absolute Gasteiger partial charge is 0.221 e. The van der Waals surface area contributed by atoms with Crippen LogP contribution in [0.2, 0.25) is 0 Å². The molecule has 3 N–H and O–H groups in total. The van der Waals surface area contributed by atoms with Gasteiger partial charge in [0.25, 0.3) is 0 Å². The highest BCUT2D eigenvalue weighted by molar-refractivity contribution is 5.85. The summed E-state index contributed by atoms with van der Waals surface area (Å²) in [4.78, 5) is 11.3. The van der Waals surface area contributed by atoms with Crippen LogP contribution in [0.3, 0.4) is 0 Å². The number of halogens is 1. The Kier molecular flexibility index (Phi) is 13.5. The molecule has 0 aliphatic carbocycles. The van der Waals surface area contributed by atoms with E-state index in [0.717, 1.165) is 19.3 Å². The largest absolute Gasteiger partial charge is 0.353 e. The first-order valence-corrected chi connectivity index (χ1v) is 5.74. The van der Waals surface area contributed by atoms with Gasteiger partial charge in [0.05, 0.1) is 0 Å². The molecule has 92 valence electrons. The van der Waals surface area contributed by atoms with Crippen LogP contribution in [0.5, 0.6) is 0 Å². The van der Waals surface area contributed by atoms with E-state index in [-0.39, 0.29) is 18.3 Å². The summed E-state index contributed by atoms with van der Waals surface area (Å²) in [5.41, 5.74) is 5.32. The van der Waals surface area contributed by atoms with Gasteiger partial charge in [-0.3, -0.25) is 4.79 Å². The first kappa shape index (κ1) is 17.1. The fourth-order valence-electron chi connectivity index (χ4n) is 1.52. The molecule has 0 bridgehead atoms. The quantitative estimate of drug-likeness (QED) is 0.679. The van der Waals surface area contributed by atoms with Crippen LogP contribution in [0.4, 0.5) is 0 Å². The molecule has 4 heteroatoms. The molecule has 0 aromatic heterocycles. The van der Waals surface area contributed by atoms with Crippen LogP contribution in [0.15, 0.2) is 0 Å². The topological polar surface area (TPSA) is 55.1 Å². The lowest BCUT2D eigenvalue weighted by Gasteiger charge is -2.17. The van der Waals surface area contributed by atoms with Gasteiger partial charge in [-0.2, -0.15) is 0 Å². The molecule has 0 aromatic carbocycles. The van der Waals surface area contributed by atoms with Gasteiger partial charge in [-0.25, -0.2) is 0 Å². The molecule has 15 heavy (non-hydrogen) atoms. The van der Waals surface area contributed by atoms with E-state index in [1.165, 1.54) is 12.8 Å². The predicted molar refractivity (Wildman–Crippen MR) is 67.3 cm³/mol. The number of carbonyl (C=O) groups is 1. The van der Waals surface area contributed by atoms with Crippen LogP contribution in [-0.2, 0) is 4.79 Å². The summed E-state index contributed by atoms with van der Waals surface area (Å²) < 4.78 is 0. The Morgan fingerprint density at radius 3 is 2.40 bits per heavy atom. The van der Waals surface area contributed by atoms with Crippen molar-refractivity contribution in [1.82, 2.24) is 5.32 Å². The Balaban J connectivity index is 0. The minimum atomic E-state index is 0. The average Bonchev–Trinajstić information content (AvgIpc) is 2.15. The van der Waals surface area contributed by atoms with Crippen molar-refractivity contribution >= 4 is 18.3 Å². The highest BCUT2D eigenvalue weighted by atomic mass is 35.5. The Labute approximate surface area is 99.6 Å². The van der Waals surface area contributed by atoms with Crippen LogP contribution in [-0.4, -0.2) is 18.5 Å². The maximum absolute atomic E-state index is 11.3. The van der Waals surface area contributed by atoms with E-state index in [1.54, 1.807) is 0 Å². The number of carbonyl (C=O) groups excluding carboxylic acids is 1. The number of rotatable bonds is 8. The Hall–Kier alpha value is -0.280. The first-order valence-electron chi connectivity index (χ1n) is 5.74. The number of unbranched alkanes of at least 4 members (excludes halogenated alkanes) is 1. The maximum Gasteiger partial charge on any atom is 0.221 e. The summed E-state index contributed by atoms with van der Waals surface area (Å²) in [6.07, 6.45) is 6.13. The van der Waals surface area contributed by atoms with Gasteiger partial charge in [0.15, 0.2) is 0 Å². The molecule has 0 aliphatic heterocycles. The number of amides is 1. The van der Waals surface area contributed by atoms with Crippen molar-refractivity contribution in [1.29, 1.82) is 0 Å². The number of hydrogen-bond acceptors (Lipinski definition) is 2. The van der Waals surface area contributed by atoms with Gasteiger partial charge in [-0.15, -0.1) is 12.4 Å². The minimum Gasteiger partial charge on any atom is -0.353 e. The summed E-state index contributed by atoms with van der Waals surface area (Å²) in [6.45, 7) is 4.76. The Bertz CT molecular complexity index is 154. The minimum absolute atomic E-state index is 0. The molecule has 1 atom stereocenters. The summed E-state index contributed by atoms with van der Waals surface area (Å²) in [6, 6.07) is 0.360. The van der Waals surface area contributed by atoms with Gasteiger partial charge in [-0.05, 0) is 12.8 Å². The zero-order valence-corrected chi connectivity index (χ0v) is 10.7. The van der Waals surface area contributed by atoms with Crippen molar-refractivity contribution in [2.45, 2.75) is 58.4 Å². The highest BCUT2D eigenvalue weighted by Crippen LogP contribution is 2.06. The van der Waals surface area contributed by atoms with Gasteiger partial charge in [0.1, 0.15) is 0 Å². The lowest BCUT2D eigenvalue weighted by atomic mass is 10.1. The third kappa shape index (κ3) is 10.0. The Morgan fingerprint density at radius 2 is 1.93 bits per heavy atom. The molecule has 0 radical (unpaired) electrons. The molecular formula is C11H25ClN2O. The van der Waals surface area contributed by atoms with Crippen molar-refractivity contribution in [2.24, 2.45) is 5.73 Å². The third-order valence-corrected chi connectivity index (χ3v) is 2.28. The molecule has 0 spiro atoms. The molecule has 0 saturated heterocycles. The second-order valence-corrected chi connectivity index (χ2v) is 3.73. The van der Waals surface area contributed by atoms with Gasteiger partial charge < -0.3 is 11.1 Å². The van der Waals surface area contributed by atoms with E-state index in [4.69, 9.17) is 5.73 Å². The molecular weight excluding hydrogens is 212 g/mol. The number of nitrogens with two attached hydrogens (primary N) is 1. The summed E-state index contributed by atoms with van der Waals surface area (Å²) in [7, 11) is 0. The molecule has 0 fully saturated rings. The van der Waals surface area contributed by atoms with E-state index < -0.39 is 0 Å². The van der Waals surface area contributed by atoms with Gasteiger partial charge in [0, 0.05) is 19.0 Å². The Morgan fingerprint density at radius 1 is 1.27 bits per heavy atom. The van der Waals surface area contributed by atoms with E-state index >= 15 is 0 Å². The fourth-order valence-corrected chi connectivity index (χ4v) is 1.52. The van der Waals surface area contributed by atoms with E-state index in [2.05, 4.69) is 19.2 Å². The van der Waals surface area contributed by atoms with Crippen LogP contribution in [0.25, 0.3) is 0 Å². The second-order valence-electron chi connectivity index (χ2n) is 3.73. The fraction of sp³-hybridized carbons (Fsp3) is 0.909. The highest BCUT2D eigenvalue weighted by Gasteiger charge is 2.09. The SMILES string of the molecule is CCCCC(CCC)NC(=O)CCN.Cl. The predicted octanol–water partition coefficient (Wildman–Crippen LogP) is 2.23. The second kappa shape index (κ2) is 11.8. The van der Waals surface area contributed by atoms with Crippen molar-refractivity contribution in [3.63, 3.8) is 0 Å². The molecule has 0 aromatic rings. The van der Waals surface area contributed by atoms with Crippen LogP contribution in [0, 0.1) is 0 Å². The average molecular weight is 237 g/mol. The van der Waals surface area contributed by atoms with Crippen LogP contribution in [0.1, 0.15) is 52.4 Å². The van der Waals surface area contributed by atoms with Crippen LogP contribution >= 0.6 is 12.4 Å². The zero-order valence-electron chi connectivity index (χ0n) is 9.92. The molecule has 1 amide bonds. The van der Waals surface area contributed by atoms with Crippen molar-refractivity contribution < 1.29 is 4.79 Å². The third-order valence-electron chi connectivity index (χ3n) is 2.28. The molecule has 0 aliphatic rings. The van der Waals surface area contributed by atoms with Gasteiger partial charge in [-0.1, -0.05) is 33.1 Å². The normalized spacial score (nSPS) is 11.7. The van der Waals surface area contributed by atoms with Crippen molar-refractivity contribution in [3.8, 4) is 0 Å². The van der Waals surface area contributed by atoms with E-state index in [9.17, 15) is 4.79 Å². The number of hydrogen-bond donors (Lipinski definition) is 2. The van der Waals surface area contributed by atoms with Gasteiger partial charge >= 0.3 is 0 Å². The van der Waals surface area contributed by atoms with E-state index in [0.29, 0.717) is 19.0 Å². The molecule has 3 nitrogen and oxygen atoms in total. The summed E-state index contributed by atoms with van der Waals surface area (Å²) in [5.74, 6) is 0.0991.